The second-order valence-corrected chi connectivity index (χ2v) is 6.99. The number of hydrogen-bond acceptors (Lipinski definition) is 6. The fourth-order valence-electron chi connectivity index (χ4n) is 3.38. The molecule has 0 spiro atoms. The molecule has 0 N–H and O–H groups in total. The van der Waals surface area contributed by atoms with Crippen molar-refractivity contribution in [2.75, 3.05) is 0 Å². The van der Waals surface area contributed by atoms with E-state index in [2.05, 4.69) is 0 Å². The third-order valence-electron chi connectivity index (χ3n) is 4.63. The van der Waals surface area contributed by atoms with Crippen molar-refractivity contribution in [1.29, 1.82) is 0 Å². The SMILES string of the molecule is CC(=O)O[C@H]1C[C@H](OCc2ccccc2)O[C@H](C)[C@H]1O[C@H]1CC=C[C@@H](C)O1. The van der Waals surface area contributed by atoms with E-state index in [1.165, 1.54) is 6.92 Å². The van der Waals surface area contributed by atoms with E-state index in [1.54, 1.807) is 0 Å². The molecule has 6 nitrogen and oxygen atoms in total. The van der Waals surface area contributed by atoms with E-state index in [-0.39, 0.29) is 24.5 Å². The van der Waals surface area contributed by atoms with Crippen molar-refractivity contribution in [3.8, 4) is 0 Å². The predicted octanol–water partition coefficient (Wildman–Crippen LogP) is 3.35. The molecule has 0 aliphatic carbocycles. The molecule has 1 saturated heterocycles. The molecule has 3 rings (SSSR count). The summed E-state index contributed by atoms with van der Waals surface area (Å²) in [6.07, 6.45) is 3.12. The number of esters is 1. The van der Waals surface area contributed by atoms with Gasteiger partial charge in [-0.1, -0.05) is 42.5 Å². The Labute approximate surface area is 160 Å². The molecule has 6 heteroatoms. The van der Waals surface area contributed by atoms with E-state index in [1.807, 2.05) is 56.3 Å². The Morgan fingerprint density at radius 1 is 1.15 bits per heavy atom. The average molecular weight is 376 g/mol. The van der Waals surface area contributed by atoms with Crippen molar-refractivity contribution in [3.05, 3.63) is 48.0 Å². The monoisotopic (exact) mass is 376 g/mol. The van der Waals surface area contributed by atoms with Gasteiger partial charge in [0.25, 0.3) is 0 Å². The minimum atomic E-state index is -0.463. The lowest BCUT2D eigenvalue weighted by Crippen LogP contribution is -2.52. The maximum Gasteiger partial charge on any atom is 0.302 e. The summed E-state index contributed by atoms with van der Waals surface area (Å²) < 4.78 is 29.3. The van der Waals surface area contributed by atoms with Gasteiger partial charge in [0.05, 0.1) is 18.8 Å². The number of rotatable bonds is 6. The number of ether oxygens (including phenoxy) is 5. The average Bonchev–Trinajstić information content (AvgIpc) is 2.63. The van der Waals surface area contributed by atoms with E-state index in [0.717, 1.165) is 5.56 Å². The van der Waals surface area contributed by atoms with Crippen LogP contribution in [0.25, 0.3) is 0 Å². The molecule has 0 saturated carbocycles. The summed E-state index contributed by atoms with van der Waals surface area (Å²) >= 11 is 0. The number of benzene rings is 1. The van der Waals surface area contributed by atoms with Gasteiger partial charge in [0.1, 0.15) is 12.2 Å². The first-order chi connectivity index (χ1) is 13.0. The molecular weight excluding hydrogens is 348 g/mol. The van der Waals surface area contributed by atoms with Gasteiger partial charge in [-0.2, -0.15) is 0 Å². The molecule has 148 valence electrons. The van der Waals surface area contributed by atoms with Gasteiger partial charge in [-0.3, -0.25) is 4.79 Å². The van der Waals surface area contributed by atoms with Crippen molar-refractivity contribution in [1.82, 2.24) is 0 Å². The van der Waals surface area contributed by atoms with Gasteiger partial charge < -0.3 is 23.7 Å². The van der Waals surface area contributed by atoms with Gasteiger partial charge in [0.2, 0.25) is 0 Å². The van der Waals surface area contributed by atoms with Crippen molar-refractivity contribution in [2.45, 2.75) is 77.2 Å². The summed E-state index contributed by atoms with van der Waals surface area (Å²) in [5.74, 6) is -0.345. The first-order valence-corrected chi connectivity index (χ1v) is 9.47. The number of hydrogen-bond donors (Lipinski definition) is 0. The Bertz CT molecular complexity index is 631. The largest absolute Gasteiger partial charge is 0.459 e. The maximum absolute atomic E-state index is 11.6. The van der Waals surface area contributed by atoms with E-state index in [4.69, 9.17) is 23.7 Å². The van der Waals surface area contributed by atoms with Crippen molar-refractivity contribution in [2.24, 2.45) is 0 Å². The molecule has 2 aliphatic heterocycles. The highest BCUT2D eigenvalue weighted by Gasteiger charge is 2.41. The highest BCUT2D eigenvalue weighted by atomic mass is 16.7. The standard InChI is InChI=1S/C21H28O6/c1-14-8-7-11-19(24-14)27-21-15(2)25-20(12-18(21)26-16(3)22)23-13-17-9-5-4-6-10-17/h4-10,14-15,18-21H,11-13H2,1-3H3/t14-,15-,18+,19+,20-,21-/m1/s1. The van der Waals surface area contributed by atoms with Crippen LogP contribution in [0.4, 0.5) is 0 Å². The minimum absolute atomic E-state index is 0.00213. The van der Waals surface area contributed by atoms with Gasteiger partial charge >= 0.3 is 5.97 Å². The topological polar surface area (TPSA) is 63.2 Å². The van der Waals surface area contributed by atoms with Gasteiger partial charge in [-0.25, -0.2) is 0 Å². The Balaban J connectivity index is 1.61. The van der Waals surface area contributed by atoms with Crippen LogP contribution in [0, 0.1) is 0 Å². The zero-order chi connectivity index (χ0) is 19.2. The van der Waals surface area contributed by atoms with Crippen molar-refractivity contribution < 1.29 is 28.5 Å². The summed E-state index contributed by atoms with van der Waals surface area (Å²) in [5.41, 5.74) is 1.06. The molecule has 0 bridgehead atoms. The molecule has 1 aromatic carbocycles. The third-order valence-corrected chi connectivity index (χ3v) is 4.63. The van der Waals surface area contributed by atoms with Crippen LogP contribution in [0.2, 0.25) is 0 Å². The quantitative estimate of drug-likeness (QED) is 0.560. The molecule has 0 unspecified atom stereocenters. The van der Waals surface area contributed by atoms with E-state index < -0.39 is 18.5 Å². The summed E-state index contributed by atoms with van der Waals surface area (Å²) in [4.78, 5) is 11.6. The summed E-state index contributed by atoms with van der Waals surface area (Å²) in [5, 5.41) is 0. The Morgan fingerprint density at radius 3 is 2.63 bits per heavy atom. The molecule has 1 fully saturated rings. The van der Waals surface area contributed by atoms with Crippen molar-refractivity contribution >= 4 is 5.97 Å². The first kappa shape index (κ1) is 20.0. The second kappa shape index (κ2) is 9.46. The smallest absolute Gasteiger partial charge is 0.302 e. The third kappa shape index (κ3) is 5.87. The first-order valence-electron chi connectivity index (χ1n) is 9.47. The molecule has 1 aromatic rings. The number of carbonyl (C=O) groups excluding carboxylic acids is 1. The van der Waals surface area contributed by atoms with E-state index in [9.17, 15) is 4.79 Å². The van der Waals surface area contributed by atoms with E-state index in [0.29, 0.717) is 19.4 Å². The zero-order valence-corrected chi connectivity index (χ0v) is 16.1. The molecule has 27 heavy (non-hydrogen) atoms. The fourth-order valence-corrected chi connectivity index (χ4v) is 3.38. The van der Waals surface area contributed by atoms with Crippen LogP contribution in [-0.2, 0) is 35.1 Å². The van der Waals surface area contributed by atoms with Crippen LogP contribution in [0.3, 0.4) is 0 Å². The van der Waals surface area contributed by atoms with E-state index >= 15 is 0 Å². The Hall–Kier alpha value is -1.73. The zero-order valence-electron chi connectivity index (χ0n) is 16.1. The lowest BCUT2D eigenvalue weighted by atomic mass is 10.0. The predicted molar refractivity (Wildman–Crippen MR) is 98.7 cm³/mol. The Kier molecular flexibility index (Phi) is 7.01. The summed E-state index contributed by atoms with van der Waals surface area (Å²) in [7, 11) is 0. The molecular formula is C21H28O6. The van der Waals surface area contributed by atoms with Crippen LogP contribution >= 0.6 is 0 Å². The fraction of sp³-hybridized carbons (Fsp3) is 0.571. The molecule has 6 atom stereocenters. The van der Waals surface area contributed by atoms with Crippen LogP contribution < -0.4 is 0 Å². The van der Waals surface area contributed by atoms with Crippen LogP contribution in [0.5, 0.6) is 0 Å². The van der Waals surface area contributed by atoms with Crippen molar-refractivity contribution in [3.63, 3.8) is 0 Å². The van der Waals surface area contributed by atoms with Crippen LogP contribution in [0.1, 0.15) is 39.2 Å². The maximum atomic E-state index is 11.6. The normalized spacial score (nSPS) is 33.6. The second-order valence-electron chi connectivity index (χ2n) is 6.99. The molecule has 0 radical (unpaired) electrons. The molecule has 2 aliphatic rings. The lowest BCUT2D eigenvalue weighted by Gasteiger charge is -2.41. The van der Waals surface area contributed by atoms with Gasteiger partial charge in [-0.15, -0.1) is 0 Å². The highest BCUT2D eigenvalue weighted by Crippen LogP contribution is 2.29. The molecule has 2 heterocycles. The van der Waals surface area contributed by atoms with Gasteiger partial charge in [-0.05, 0) is 19.4 Å². The van der Waals surface area contributed by atoms with Crippen LogP contribution in [-0.4, -0.2) is 43.0 Å². The van der Waals surface area contributed by atoms with Gasteiger partial charge in [0, 0.05) is 19.8 Å². The molecule has 0 aromatic heterocycles. The van der Waals surface area contributed by atoms with Crippen LogP contribution in [0.15, 0.2) is 42.5 Å². The van der Waals surface area contributed by atoms with Gasteiger partial charge in [0.15, 0.2) is 12.6 Å². The number of carbonyl (C=O) groups is 1. The summed E-state index contributed by atoms with van der Waals surface area (Å²) in [6.45, 7) is 5.70. The Morgan fingerprint density at radius 2 is 1.93 bits per heavy atom. The highest BCUT2D eigenvalue weighted by molar-refractivity contribution is 5.66. The summed E-state index contributed by atoms with van der Waals surface area (Å²) in [6, 6.07) is 9.89. The molecule has 0 amide bonds. The minimum Gasteiger partial charge on any atom is -0.459 e. The lowest BCUT2D eigenvalue weighted by molar-refractivity contribution is -0.293.